The first kappa shape index (κ1) is 25.8. The molecule has 3 aromatic rings. The minimum atomic E-state index is -0.552. The number of benzene rings is 3. The van der Waals surface area contributed by atoms with Gasteiger partial charge in [0.1, 0.15) is 36.5 Å². The quantitative estimate of drug-likeness (QED) is 0.178. The van der Waals surface area contributed by atoms with Gasteiger partial charge in [-0.15, -0.1) is 0 Å². The van der Waals surface area contributed by atoms with Crippen LogP contribution in [0.4, 0.5) is 0 Å². The van der Waals surface area contributed by atoms with Gasteiger partial charge in [-0.3, -0.25) is 0 Å². The molecule has 0 aliphatic heterocycles. The summed E-state index contributed by atoms with van der Waals surface area (Å²) in [5, 5.41) is 0. The minimum Gasteiger partial charge on any atom is -0.462 e. The molecule has 0 saturated heterocycles. The van der Waals surface area contributed by atoms with E-state index in [-0.39, 0.29) is 0 Å². The van der Waals surface area contributed by atoms with Crippen LogP contribution in [0.3, 0.4) is 0 Å². The maximum absolute atomic E-state index is 11.3. The average Bonchev–Trinajstić information content (AvgIpc) is 2.89. The first-order chi connectivity index (χ1) is 17.4. The van der Waals surface area contributed by atoms with Gasteiger partial charge in [-0.1, -0.05) is 55.6 Å². The van der Waals surface area contributed by atoms with E-state index in [0.29, 0.717) is 17.1 Å². The fourth-order valence-electron chi connectivity index (χ4n) is 3.15. The molecular weight excluding hydrogens is 456 g/mol. The maximum Gasteiger partial charge on any atom is 0.338 e. The molecule has 0 heterocycles. The highest BCUT2D eigenvalue weighted by Crippen LogP contribution is 2.30. The summed E-state index contributed by atoms with van der Waals surface area (Å²) in [6, 6.07) is 21.5. The van der Waals surface area contributed by atoms with Gasteiger partial charge in [0.25, 0.3) is 0 Å². The van der Waals surface area contributed by atoms with E-state index in [1.165, 1.54) is 18.8 Å². The van der Waals surface area contributed by atoms with Crippen LogP contribution < -0.4 is 9.47 Å². The Hall–Kier alpha value is -4.84. The smallest absolute Gasteiger partial charge is 0.338 e. The number of carbonyl (C=O) groups excluding carboxylic acids is 2. The zero-order chi connectivity index (χ0) is 25.9. The first-order valence-corrected chi connectivity index (χ1v) is 11.0. The van der Waals surface area contributed by atoms with E-state index in [1.807, 2.05) is 48.5 Å². The van der Waals surface area contributed by atoms with Gasteiger partial charge in [0.2, 0.25) is 0 Å². The topological polar surface area (TPSA) is 71.1 Å². The molecule has 0 amide bonds. The number of ether oxygens (including phenoxy) is 4. The second-order valence-electron chi connectivity index (χ2n) is 7.69. The normalized spacial score (nSPS) is 10.7. The third-order valence-corrected chi connectivity index (χ3v) is 4.97. The van der Waals surface area contributed by atoms with Gasteiger partial charge < -0.3 is 18.9 Å². The van der Waals surface area contributed by atoms with Gasteiger partial charge in [-0.2, -0.15) is 0 Å². The molecule has 0 aliphatic carbocycles. The molecule has 3 aromatic carbocycles. The molecule has 0 spiro atoms. The van der Waals surface area contributed by atoms with Gasteiger partial charge in [0, 0.05) is 11.6 Å². The molecule has 182 valence electrons. The van der Waals surface area contributed by atoms with Crippen molar-refractivity contribution in [3.63, 3.8) is 0 Å². The van der Waals surface area contributed by atoms with E-state index in [0.717, 1.165) is 40.2 Å². The van der Waals surface area contributed by atoms with E-state index in [2.05, 4.69) is 38.3 Å². The molecule has 36 heavy (non-hydrogen) atoms. The average molecular weight is 483 g/mol. The highest BCUT2D eigenvalue weighted by molar-refractivity contribution is 5.87. The Morgan fingerprint density at radius 3 is 1.78 bits per heavy atom. The van der Waals surface area contributed by atoms with E-state index in [4.69, 9.17) is 18.9 Å². The summed E-state index contributed by atoms with van der Waals surface area (Å²) in [6.45, 7) is 10.5. The molecule has 6 nitrogen and oxygen atoms in total. The van der Waals surface area contributed by atoms with Crippen molar-refractivity contribution in [3.8, 4) is 33.8 Å². The number of rotatable bonds is 10. The predicted octanol–water partition coefficient (Wildman–Crippen LogP) is 6.88. The fraction of sp³-hybridized carbons (Fsp3) is 0.0667. The van der Waals surface area contributed by atoms with Crippen molar-refractivity contribution < 1.29 is 28.5 Å². The van der Waals surface area contributed by atoms with E-state index in [9.17, 15) is 9.59 Å². The Labute approximate surface area is 210 Å². The highest BCUT2D eigenvalue weighted by Gasteiger charge is 2.06. The first-order valence-electron chi connectivity index (χ1n) is 11.0. The van der Waals surface area contributed by atoms with Crippen LogP contribution in [0.15, 0.2) is 117 Å². The summed E-state index contributed by atoms with van der Waals surface area (Å²) in [7, 11) is 0. The summed E-state index contributed by atoms with van der Waals surface area (Å²) in [6.07, 6.45) is 6.02. The largest absolute Gasteiger partial charge is 0.462 e. The molecule has 0 aromatic heterocycles. The van der Waals surface area contributed by atoms with Crippen LogP contribution in [-0.4, -0.2) is 11.9 Å². The second-order valence-corrected chi connectivity index (χ2v) is 7.69. The van der Waals surface area contributed by atoms with Crippen molar-refractivity contribution >= 4 is 11.9 Å². The Morgan fingerprint density at radius 2 is 1.25 bits per heavy atom. The molecule has 0 N–H and O–H groups in total. The molecule has 0 saturated carbocycles. The van der Waals surface area contributed by atoms with Crippen molar-refractivity contribution in [2.24, 2.45) is 0 Å². The third kappa shape index (κ3) is 7.33. The fourth-order valence-corrected chi connectivity index (χ4v) is 3.15. The van der Waals surface area contributed by atoms with Gasteiger partial charge >= 0.3 is 11.9 Å². The SMILES string of the molecule is C=CC(=O)OC=COc1ccc(-c2ccc(-c3ccc(OC=COC(=O)C(=C)C)cc3)cc2C)cc1. The van der Waals surface area contributed by atoms with Crippen molar-refractivity contribution in [3.05, 3.63) is 122 Å². The van der Waals surface area contributed by atoms with Gasteiger partial charge in [0.05, 0.1) is 0 Å². The van der Waals surface area contributed by atoms with Crippen LogP contribution in [-0.2, 0) is 19.1 Å². The molecule has 0 fully saturated rings. The number of aryl methyl sites for hydroxylation is 1. The van der Waals surface area contributed by atoms with Gasteiger partial charge in [-0.05, 0) is 65.9 Å². The number of hydrogen-bond acceptors (Lipinski definition) is 6. The van der Waals surface area contributed by atoms with Crippen LogP contribution in [0, 0.1) is 6.92 Å². The predicted molar refractivity (Wildman–Crippen MR) is 139 cm³/mol. The van der Waals surface area contributed by atoms with Crippen molar-refractivity contribution in [1.82, 2.24) is 0 Å². The standard InChI is InChI=1S/C30H26O6/c1-5-29(31)35-18-16-33-27-13-8-24(9-14-27)28-15-10-25(20-22(28)4)23-6-11-26(12-7-23)34-17-19-36-30(32)21(2)3/h5-20H,1-2H2,3-4H3. The minimum absolute atomic E-state index is 0.314. The van der Waals surface area contributed by atoms with Crippen LogP contribution in [0.1, 0.15) is 12.5 Å². The molecular formula is C30H26O6. The summed E-state index contributed by atoms with van der Waals surface area (Å²) in [5.74, 6) is 0.175. The Kier molecular flexibility index (Phi) is 9.00. The highest BCUT2D eigenvalue weighted by atomic mass is 16.5. The summed E-state index contributed by atoms with van der Waals surface area (Å²) >= 11 is 0. The molecule has 0 aliphatic rings. The van der Waals surface area contributed by atoms with Crippen molar-refractivity contribution in [1.29, 1.82) is 0 Å². The Bertz CT molecular complexity index is 1300. The Morgan fingerprint density at radius 1 is 0.722 bits per heavy atom. The van der Waals surface area contributed by atoms with E-state index < -0.39 is 11.9 Å². The number of carbonyl (C=O) groups is 2. The lowest BCUT2D eigenvalue weighted by Crippen LogP contribution is -1.99. The Balaban J connectivity index is 1.62. The molecule has 0 bridgehead atoms. The summed E-state index contributed by atoms with van der Waals surface area (Å²) in [4.78, 5) is 22.3. The van der Waals surface area contributed by atoms with Gasteiger partial charge in [-0.25, -0.2) is 9.59 Å². The lowest BCUT2D eigenvalue weighted by Gasteiger charge is -2.10. The van der Waals surface area contributed by atoms with Crippen LogP contribution in [0.5, 0.6) is 11.5 Å². The lowest BCUT2D eigenvalue weighted by molar-refractivity contribution is -0.134. The third-order valence-electron chi connectivity index (χ3n) is 4.97. The summed E-state index contributed by atoms with van der Waals surface area (Å²) in [5.41, 5.74) is 5.72. The number of esters is 2. The molecule has 6 heteroatoms. The van der Waals surface area contributed by atoms with Crippen molar-refractivity contribution in [2.45, 2.75) is 13.8 Å². The molecule has 3 rings (SSSR count). The second kappa shape index (κ2) is 12.6. The van der Waals surface area contributed by atoms with Crippen LogP contribution >= 0.6 is 0 Å². The molecule has 0 atom stereocenters. The van der Waals surface area contributed by atoms with E-state index >= 15 is 0 Å². The summed E-state index contributed by atoms with van der Waals surface area (Å²) < 4.78 is 20.5. The lowest BCUT2D eigenvalue weighted by atomic mass is 9.96. The zero-order valence-electron chi connectivity index (χ0n) is 20.1. The zero-order valence-corrected chi connectivity index (χ0v) is 20.1. The maximum atomic E-state index is 11.3. The van der Waals surface area contributed by atoms with Crippen LogP contribution in [0.25, 0.3) is 22.3 Å². The molecule has 0 unspecified atom stereocenters. The van der Waals surface area contributed by atoms with Gasteiger partial charge in [0.15, 0.2) is 0 Å². The van der Waals surface area contributed by atoms with E-state index in [1.54, 1.807) is 6.92 Å². The molecule has 0 radical (unpaired) electrons. The van der Waals surface area contributed by atoms with Crippen LogP contribution in [0.2, 0.25) is 0 Å². The monoisotopic (exact) mass is 482 g/mol. The van der Waals surface area contributed by atoms with Crippen molar-refractivity contribution in [2.75, 3.05) is 0 Å². The number of hydrogen-bond donors (Lipinski definition) is 0.